The third kappa shape index (κ3) is 1.78. The second kappa shape index (κ2) is 3.96. The maximum absolute atomic E-state index is 12.8. The summed E-state index contributed by atoms with van der Waals surface area (Å²) in [6.07, 6.45) is 11.0. The number of allylic oxidation sites excluding steroid dienone is 2. The second-order valence-corrected chi connectivity index (χ2v) is 6.92. The molecule has 17 heavy (non-hydrogen) atoms. The van der Waals surface area contributed by atoms with Crippen molar-refractivity contribution in [3.05, 3.63) is 11.6 Å². The summed E-state index contributed by atoms with van der Waals surface area (Å²) < 4.78 is 0. The van der Waals surface area contributed by atoms with Gasteiger partial charge in [-0.1, -0.05) is 31.9 Å². The molecule has 0 saturated heterocycles. The molecule has 0 unspecified atom stereocenters. The van der Waals surface area contributed by atoms with Crippen LogP contribution in [0.2, 0.25) is 0 Å². The molecule has 3 rings (SSSR count). The summed E-state index contributed by atoms with van der Waals surface area (Å²) in [5.74, 6) is 2.23. The maximum atomic E-state index is 12.8. The molecule has 2 saturated carbocycles. The summed E-state index contributed by atoms with van der Waals surface area (Å²) in [4.78, 5) is 12.8. The summed E-state index contributed by atoms with van der Waals surface area (Å²) in [5.41, 5.74) is 1.57. The molecule has 0 N–H and O–H groups in total. The van der Waals surface area contributed by atoms with Crippen LogP contribution in [0.25, 0.3) is 0 Å². The highest BCUT2D eigenvalue weighted by Gasteiger charge is 2.46. The van der Waals surface area contributed by atoms with Crippen LogP contribution in [0.5, 0.6) is 0 Å². The Morgan fingerprint density at radius 3 is 2.88 bits per heavy atom. The first-order chi connectivity index (χ1) is 8.09. The first-order valence-corrected chi connectivity index (χ1v) is 7.31. The number of carbonyl (C=O) groups excluding carboxylic acids is 1. The molecule has 2 bridgehead atoms. The zero-order valence-corrected chi connectivity index (χ0v) is 11.2. The molecule has 0 aliphatic heterocycles. The van der Waals surface area contributed by atoms with Gasteiger partial charge in [0.2, 0.25) is 0 Å². The van der Waals surface area contributed by atoms with Gasteiger partial charge in [0.1, 0.15) is 5.78 Å². The lowest BCUT2D eigenvalue weighted by Crippen LogP contribution is -2.37. The van der Waals surface area contributed by atoms with Crippen molar-refractivity contribution < 1.29 is 4.79 Å². The van der Waals surface area contributed by atoms with Crippen LogP contribution in [0.15, 0.2) is 11.6 Å². The van der Waals surface area contributed by atoms with Crippen molar-refractivity contribution in [3.8, 4) is 0 Å². The molecule has 0 aromatic carbocycles. The van der Waals surface area contributed by atoms with E-state index in [1.54, 1.807) is 5.57 Å². The Balaban J connectivity index is 1.97. The number of fused-ring (bicyclic) bond motifs is 3. The highest BCUT2D eigenvalue weighted by atomic mass is 16.1. The molecule has 3 aliphatic carbocycles. The van der Waals surface area contributed by atoms with Crippen LogP contribution in [0.4, 0.5) is 0 Å². The predicted octanol–water partition coefficient (Wildman–Crippen LogP) is 4.13. The SMILES string of the molecule is CC1(C)C(=O)[C@@H]2CCC[C@H]2CC=C2CC[C@H]1C2. The summed E-state index contributed by atoms with van der Waals surface area (Å²) in [6, 6.07) is 0. The molecule has 0 amide bonds. The van der Waals surface area contributed by atoms with Crippen LogP contribution in [-0.2, 0) is 4.79 Å². The van der Waals surface area contributed by atoms with Gasteiger partial charge in [0, 0.05) is 11.3 Å². The number of ketones is 1. The Morgan fingerprint density at radius 1 is 1.24 bits per heavy atom. The molecule has 0 radical (unpaired) electrons. The zero-order valence-electron chi connectivity index (χ0n) is 11.2. The van der Waals surface area contributed by atoms with Crippen molar-refractivity contribution in [2.45, 2.75) is 58.8 Å². The van der Waals surface area contributed by atoms with E-state index in [9.17, 15) is 4.79 Å². The van der Waals surface area contributed by atoms with Gasteiger partial charge >= 0.3 is 0 Å². The van der Waals surface area contributed by atoms with Crippen molar-refractivity contribution >= 4 is 5.78 Å². The van der Waals surface area contributed by atoms with Gasteiger partial charge in [-0.2, -0.15) is 0 Å². The third-order valence-corrected chi connectivity index (χ3v) is 5.68. The van der Waals surface area contributed by atoms with Crippen molar-refractivity contribution in [2.75, 3.05) is 0 Å². The molecule has 0 aromatic rings. The molecule has 2 fully saturated rings. The topological polar surface area (TPSA) is 17.1 Å². The summed E-state index contributed by atoms with van der Waals surface area (Å²) >= 11 is 0. The summed E-state index contributed by atoms with van der Waals surface area (Å²) in [7, 11) is 0. The van der Waals surface area contributed by atoms with E-state index in [0.717, 1.165) is 6.42 Å². The van der Waals surface area contributed by atoms with Gasteiger partial charge in [-0.3, -0.25) is 4.79 Å². The molecule has 1 nitrogen and oxygen atoms in total. The van der Waals surface area contributed by atoms with Crippen LogP contribution < -0.4 is 0 Å². The van der Waals surface area contributed by atoms with Crippen molar-refractivity contribution in [1.29, 1.82) is 0 Å². The Morgan fingerprint density at radius 2 is 2.06 bits per heavy atom. The molecule has 0 spiro atoms. The van der Waals surface area contributed by atoms with Gasteiger partial charge in [0.15, 0.2) is 0 Å². The quantitative estimate of drug-likeness (QED) is 0.574. The lowest BCUT2D eigenvalue weighted by atomic mass is 9.69. The van der Waals surface area contributed by atoms with E-state index in [2.05, 4.69) is 19.9 Å². The van der Waals surface area contributed by atoms with Crippen LogP contribution in [0.3, 0.4) is 0 Å². The normalized spacial score (nSPS) is 40.2. The van der Waals surface area contributed by atoms with Crippen molar-refractivity contribution in [3.63, 3.8) is 0 Å². The Bertz CT molecular complexity index is 364. The van der Waals surface area contributed by atoms with Crippen LogP contribution in [0, 0.1) is 23.2 Å². The van der Waals surface area contributed by atoms with Crippen LogP contribution in [-0.4, -0.2) is 5.78 Å². The molecular formula is C16H24O. The zero-order chi connectivity index (χ0) is 12.0. The van der Waals surface area contributed by atoms with E-state index in [1.807, 2.05) is 0 Å². The minimum Gasteiger partial charge on any atom is -0.299 e. The summed E-state index contributed by atoms with van der Waals surface area (Å²) in [6.45, 7) is 4.42. The number of hydrogen-bond donors (Lipinski definition) is 0. The first kappa shape index (κ1) is 11.5. The molecule has 0 aromatic heterocycles. The molecular weight excluding hydrogens is 208 g/mol. The minimum absolute atomic E-state index is 0.0762. The van der Waals surface area contributed by atoms with E-state index in [0.29, 0.717) is 23.5 Å². The third-order valence-electron chi connectivity index (χ3n) is 5.68. The fraction of sp³-hybridized carbons (Fsp3) is 0.812. The van der Waals surface area contributed by atoms with Gasteiger partial charge in [0.25, 0.3) is 0 Å². The van der Waals surface area contributed by atoms with Gasteiger partial charge in [-0.05, 0) is 50.4 Å². The van der Waals surface area contributed by atoms with E-state index in [4.69, 9.17) is 0 Å². The Labute approximate surface area is 105 Å². The maximum Gasteiger partial charge on any atom is 0.142 e. The van der Waals surface area contributed by atoms with Crippen LogP contribution >= 0.6 is 0 Å². The van der Waals surface area contributed by atoms with E-state index in [-0.39, 0.29) is 5.41 Å². The van der Waals surface area contributed by atoms with E-state index < -0.39 is 0 Å². The standard InChI is InChI=1S/C16H24O/c1-16(2)13-9-7-11(10-13)6-8-12-4-3-5-14(12)15(16)17/h6,12-14H,3-5,7-10H2,1-2H3/t12-,13-,14+/m0/s1. The van der Waals surface area contributed by atoms with E-state index >= 15 is 0 Å². The molecule has 94 valence electrons. The smallest absolute Gasteiger partial charge is 0.142 e. The molecule has 0 heterocycles. The first-order valence-electron chi connectivity index (χ1n) is 7.31. The predicted molar refractivity (Wildman–Crippen MR) is 69.7 cm³/mol. The lowest BCUT2D eigenvalue weighted by molar-refractivity contribution is -0.135. The molecule has 3 aliphatic rings. The number of carbonyl (C=O) groups is 1. The second-order valence-electron chi connectivity index (χ2n) is 6.92. The Hall–Kier alpha value is -0.590. The highest BCUT2D eigenvalue weighted by Crippen LogP contribution is 2.49. The molecule has 1 heteroatoms. The van der Waals surface area contributed by atoms with Gasteiger partial charge in [0.05, 0.1) is 0 Å². The van der Waals surface area contributed by atoms with Gasteiger partial charge in [-0.15, -0.1) is 0 Å². The largest absolute Gasteiger partial charge is 0.299 e. The number of Topliss-reactive ketones (excluding diaryl/α,β-unsaturated/α-hetero) is 1. The van der Waals surface area contributed by atoms with E-state index in [1.165, 1.54) is 38.5 Å². The van der Waals surface area contributed by atoms with Gasteiger partial charge < -0.3 is 0 Å². The number of rotatable bonds is 0. The van der Waals surface area contributed by atoms with Gasteiger partial charge in [-0.25, -0.2) is 0 Å². The van der Waals surface area contributed by atoms with Crippen molar-refractivity contribution in [1.82, 2.24) is 0 Å². The fourth-order valence-electron chi connectivity index (χ4n) is 4.34. The Kier molecular flexibility index (Phi) is 2.68. The number of hydrogen-bond acceptors (Lipinski definition) is 1. The highest BCUT2D eigenvalue weighted by molar-refractivity contribution is 5.87. The van der Waals surface area contributed by atoms with Crippen LogP contribution in [0.1, 0.15) is 58.8 Å². The monoisotopic (exact) mass is 232 g/mol. The fourth-order valence-corrected chi connectivity index (χ4v) is 4.34. The lowest BCUT2D eigenvalue weighted by Gasteiger charge is -2.33. The average molecular weight is 232 g/mol. The van der Waals surface area contributed by atoms with Crippen molar-refractivity contribution in [2.24, 2.45) is 23.2 Å². The molecule has 3 atom stereocenters. The minimum atomic E-state index is -0.0762. The summed E-state index contributed by atoms with van der Waals surface area (Å²) in [5, 5.41) is 0. The average Bonchev–Trinajstić information content (AvgIpc) is 2.93.